The fraction of sp³-hybridized carbons (Fsp3) is 0.833. The van der Waals surface area contributed by atoms with Crippen LogP contribution in [-0.2, 0) is 4.79 Å². The maximum atomic E-state index is 9.00. The molecular weight excluding hydrogens is 264 g/mol. The summed E-state index contributed by atoms with van der Waals surface area (Å²) in [5.74, 6) is -0.833. The Bertz CT molecular complexity index is 221. The molecule has 0 aromatic rings. The lowest BCUT2D eigenvalue weighted by Gasteiger charge is -1.99. The normalized spacial score (nSPS) is 10.4. The molecule has 0 bridgehead atoms. The standard InChI is InChI=1S/C16H32O.C2H4O2/c1-2-3-4-5-6-7-8-9-10-11-12-13-14-15-16-17;1-2(3)4/h6-7,17H,2-5,8-16H2,1H3;1H3,(H,3,4). The molecule has 0 aromatic carbocycles. The quantitative estimate of drug-likeness (QED) is 0.357. The molecule has 0 aliphatic carbocycles. The van der Waals surface area contributed by atoms with Gasteiger partial charge in [0.1, 0.15) is 0 Å². The maximum absolute atomic E-state index is 9.00. The first-order valence-electron chi connectivity index (χ1n) is 8.60. The second kappa shape index (κ2) is 21.5. The number of carboxylic acid groups (broad SMARTS) is 1. The molecule has 0 radical (unpaired) electrons. The maximum Gasteiger partial charge on any atom is 0.300 e. The van der Waals surface area contributed by atoms with Gasteiger partial charge in [0, 0.05) is 13.5 Å². The minimum atomic E-state index is -0.833. The Hall–Kier alpha value is -0.830. The van der Waals surface area contributed by atoms with Gasteiger partial charge >= 0.3 is 0 Å². The van der Waals surface area contributed by atoms with Crippen molar-refractivity contribution in [3.8, 4) is 0 Å². The molecule has 21 heavy (non-hydrogen) atoms. The third-order valence-corrected chi connectivity index (χ3v) is 3.17. The lowest BCUT2D eigenvalue weighted by atomic mass is 10.1. The number of allylic oxidation sites excluding steroid dienone is 2. The summed E-state index contributed by atoms with van der Waals surface area (Å²) in [7, 11) is 0. The van der Waals surface area contributed by atoms with E-state index in [1.165, 1.54) is 70.6 Å². The number of hydrogen-bond acceptors (Lipinski definition) is 2. The number of unbranched alkanes of at least 4 members (excludes halogenated alkanes) is 10. The van der Waals surface area contributed by atoms with Crippen molar-refractivity contribution < 1.29 is 15.0 Å². The molecule has 0 saturated carbocycles. The van der Waals surface area contributed by atoms with Crippen LogP contribution in [0.15, 0.2) is 12.2 Å². The predicted octanol–water partition coefficient (Wildman–Crippen LogP) is 5.33. The summed E-state index contributed by atoms with van der Waals surface area (Å²) < 4.78 is 0. The van der Waals surface area contributed by atoms with Crippen molar-refractivity contribution in [1.82, 2.24) is 0 Å². The number of carboxylic acids is 1. The van der Waals surface area contributed by atoms with Crippen molar-refractivity contribution in [2.45, 2.75) is 90.9 Å². The van der Waals surface area contributed by atoms with Crippen molar-refractivity contribution in [1.29, 1.82) is 0 Å². The fourth-order valence-corrected chi connectivity index (χ4v) is 2.01. The topological polar surface area (TPSA) is 57.5 Å². The van der Waals surface area contributed by atoms with Crippen LogP contribution in [0.4, 0.5) is 0 Å². The Morgan fingerprint density at radius 3 is 1.62 bits per heavy atom. The summed E-state index contributed by atoms with van der Waals surface area (Å²) in [5, 5.41) is 16.1. The van der Waals surface area contributed by atoms with E-state index in [1.54, 1.807) is 0 Å². The number of carbonyl (C=O) groups is 1. The Balaban J connectivity index is 0. The molecule has 2 N–H and O–H groups in total. The van der Waals surface area contributed by atoms with Crippen LogP contribution in [-0.4, -0.2) is 22.8 Å². The zero-order chi connectivity index (χ0) is 16.2. The molecule has 0 aliphatic rings. The predicted molar refractivity (Wildman–Crippen MR) is 90.6 cm³/mol. The van der Waals surface area contributed by atoms with Crippen molar-refractivity contribution in [2.24, 2.45) is 0 Å². The molecule has 0 heterocycles. The van der Waals surface area contributed by atoms with E-state index < -0.39 is 5.97 Å². The first kappa shape index (κ1) is 22.5. The first-order valence-corrected chi connectivity index (χ1v) is 8.60. The van der Waals surface area contributed by atoms with E-state index >= 15 is 0 Å². The summed E-state index contributed by atoms with van der Waals surface area (Å²) in [6, 6.07) is 0. The van der Waals surface area contributed by atoms with Gasteiger partial charge in [0.15, 0.2) is 0 Å². The van der Waals surface area contributed by atoms with Crippen LogP contribution in [0.25, 0.3) is 0 Å². The van der Waals surface area contributed by atoms with E-state index in [0.717, 1.165) is 13.3 Å². The van der Waals surface area contributed by atoms with Crippen molar-refractivity contribution in [3.05, 3.63) is 12.2 Å². The summed E-state index contributed by atoms with van der Waals surface area (Å²) in [4.78, 5) is 9.00. The van der Waals surface area contributed by atoms with Crippen LogP contribution in [0.1, 0.15) is 90.9 Å². The zero-order valence-electron chi connectivity index (χ0n) is 14.1. The Labute approximate surface area is 131 Å². The molecular formula is C18H36O3. The monoisotopic (exact) mass is 300 g/mol. The minimum absolute atomic E-state index is 0.364. The molecule has 0 aliphatic heterocycles. The molecule has 0 aromatic heterocycles. The zero-order valence-corrected chi connectivity index (χ0v) is 14.1. The summed E-state index contributed by atoms with van der Waals surface area (Å²) in [6.07, 6.45) is 20.2. The average Bonchev–Trinajstić information content (AvgIpc) is 2.43. The Kier molecular flexibility index (Phi) is 23.0. The van der Waals surface area contributed by atoms with Crippen LogP contribution < -0.4 is 0 Å². The lowest BCUT2D eigenvalue weighted by molar-refractivity contribution is -0.134. The van der Waals surface area contributed by atoms with Gasteiger partial charge in [-0.25, -0.2) is 0 Å². The molecule has 0 atom stereocenters. The third-order valence-electron chi connectivity index (χ3n) is 3.17. The minimum Gasteiger partial charge on any atom is -0.481 e. The molecule has 0 fully saturated rings. The van der Waals surface area contributed by atoms with E-state index in [2.05, 4.69) is 19.1 Å². The van der Waals surface area contributed by atoms with Crippen LogP contribution in [0.2, 0.25) is 0 Å². The molecule has 0 spiro atoms. The van der Waals surface area contributed by atoms with Gasteiger partial charge in [-0.1, -0.05) is 64.0 Å². The summed E-state index contributed by atoms with van der Waals surface area (Å²) in [5.41, 5.74) is 0. The van der Waals surface area contributed by atoms with Gasteiger partial charge in [0.2, 0.25) is 0 Å². The number of aliphatic carboxylic acids is 1. The SMILES string of the molecule is CC(=O)O.CCCCCC=CCCCCCCCCCO. The highest BCUT2D eigenvalue weighted by Crippen LogP contribution is 2.09. The van der Waals surface area contributed by atoms with E-state index in [0.29, 0.717) is 6.61 Å². The van der Waals surface area contributed by atoms with E-state index in [9.17, 15) is 0 Å². The third kappa shape index (κ3) is 32.6. The number of aliphatic hydroxyl groups is 1. The summed E-state index contributed by atoms with van der Waals surface area (Å²) in [6.45, 7) is 3.70. The summed E-state index contributed by atoms with van der Waals surface area (Å²) >= 11 is 0. The van der Waals surface area contributed by atoms with Gasteiger partial charge in [-0.15, -0.1) is 0 Å². The average molecular weight is 300 g/mol. The lowest BCUT2D eigenvalue weighted by Crippen LogP contribution is -1.83. The molecule has 0 saturated heterocycles. The number of rotatable bonds is 13. The van der Waals surface area contributed by atoms with E-state index in [-0.39, 0.29) is 0 Å². The van der Waals surface area contributed by atoms with Crippen molar-refractivity contribution in [3.63, 3.8) is 0 Å². The van der Waals surface area contributed by atoms with Gasteiger partial charge in [0.25, 0.3) is 5.97 Å². The van der Waals surface area contributed by atoms with Gasteiger partial charge in [0.05, 0.1) is 0 Å². The number of aliphatic hydroxyl groups excluding tert-OH is 1. The molecule has 126 valence electrons. The van der Waals surface area contributed by atoms with Crippen LogP contribution in [0.5, 0.6) is 0 Å². The molecule has 3 heteroatoms. The highest BCUT2D eigenvalue weighted by Gasteiger charge is 1.90. The molecule has 0 amide bonds. The number of hydrogen-bond donors (Lipinski definition) is 2. The highest BCUT2D eigenvalue weighted by molar-refractivity contribution is 5.62. The Morgan fingerprint density at radius 1 is 0.810 bits per heavy atom. The van der Waals surface area contributed by atoms with Gasteiger partial charge in [-0.05, 0) is 32.1 Å². The fourth-order valence-electron chi connectivity index (χ4n) is 2.01. The molecule has 0 unspecified atom stereocenters. The molecule has 3 nitrogen and oxygen atoms in total. The first-order chi connectivity index (χ1) is 10.1. The second-order valence-electron chi connectivity index (χ2n) is 5.47. The van der Waals surface area contributed by atoms with Gasteiger partial charge in [-0.2, -0.15) is 0 Å². The van der Waals surface area contributed by atoms with Crippen LogP contribution in [0.3, 0.4) is 0 Å². The largest absolute Gasteiger partial charge is 0.481 e. The van der Waals surface area contributed by atoms with Gasteiger partial charge < -0.3 is 10.2 Å². The van der Waals surface area contributed by atoms with E-state index in [4.69, 9.17) is 15.0 Å². The van der Waals surface area contributed by atoms with Crippen LogP contribution in [0, 0.1) is 0 Å². The second-order valence-corrected chi connectivity index (χ2v) is 5.47. The van der Waals surface area contributed by atoms with Crippen molar-refractivity contribution >= 4 is 5.97 Å². The Morgan fingerprint density at radius 2 is 1.19 bits per heavy atom. The smallest absolute Gasteiger partial charge is 0.300 e. The van der Waals surface area contributed by atoms with Crippen LogP contribution >= 0.6 is 0 Å². The van der Waals surface area contributed by atoms with E-state index in [1.807, 2.05) is 0 Å². The molecule has 0 rings (SSSR count). The highest BCUT2D eigenvalue weighted by atomic mass is 16.4. The van der Waals surface area contributed by atoms with Crippen molar-refractivity contribution in [2.75, 3.05) is 6.61 Å². The van der Waals surface area contributed by atoms with Gasteiger partial charge in [-0.3, -0.25) is 4.79 Å².